The minimum absolute atomic E-state index is 0.00105. The van der Waals surface area contributed by atoms with Crippen molar-refractivity contribution in [3.63, 3.8) is 0 Å². The van der Waals surface area contributed by atoms with Crippen LogP contribution in [0.5, 0.6) is 0 Å². The van der Waals surface area contributed by atoms with Gasteiger partial charge in [-0.1, -0.05) is 31.6 Å². The molecule has 3 nitrogen and oxygen atoms in total. The van der Waals surface area contributed by atoms with Crippen LogP contribution in [0.1, 0.15) is 33.4 Å². The van der Waals surface area contributed by atoms with Crippen molar-refractivity contribution in [1.29, 1.82) is 0 Å². The van der Waals surface area contributed by atoms with Gasteiger partial charge in [-0.3, -0.25) is 9.78 Å². The number of ether oxygens (including phenoxy) is 1. The molecule has 0 aliphatic heterocycles. The van der Waals surface area contributed by atoms with Gasteiger partial charge in [-0.05, 0) is 37.3 Å². The number of carbonyl (C=O) groups is 1. The molecule has 108 valence electrons. The van der Waals surface area contributed by atoms with E-state index >= 15 is 0 Å². The number of pyridine rings is 1. The highest BCUT2D eigenvalue weighted by Crippen LogP contribution is 2.59. The third-order valence-electron chi connectivity index (χ3n) is 4.01. The molecule has 0 radical (unpaired) electrons. The number of rotatable bonds is 5. The molecule has 1 fully saturated rings. The van der Waals surface area contributed by atoms with E-state index in [9.17, 15) is 4.79 Å². The smallest absolute Gasteiger partial charge is 0.310 e. The van der Waals surface area contributed by atoms with Crippen molar-refractivity contribution in [1.82, 2.24) is 4.98 Å². The molecule has 2 rings (SSSR count). The van der Waals surface area contributed by atoms with Crippen LogP contribution >= 0.6 is 0 Å². The number of hydrogen-bond donors (Lipinski definition) is 0. The molecular formula is C17H23NO2. The second-order valence-corrected chi connectivity index (χ2v) is 6.31. The van der Waals surface area contributed by atoms with Gasteiger partial charge in [0.1, 0.15) is 0 Å². The lowest BCUT2D eigenvalue weighted by Crippen LogP contribution is -2.13. The Morgan fingerprint density at radius 2 is 2.15 bits per heavy atom. The Hall–Kier alpha value is -1.64. The minimum atomic E-state index is -0.0755. The molecule has 0 N–H and O–H groups in total. The molecule has 1 aromatic rings. The lowest BCUT2D eigenvalue weighted by Gasteiger charge is -2.05. The maximum atomic E-state index is 12.1. The van der Waals surface area contributed by atoms with Crippen molar-refractivity contribution in [2.45, 2.75) is 34.1 Å². The van der Waals surface area contributed by atoms with E-state index in [0.717, 1.165) is 5.69 Å². The molecule has 0 spiro atoms. The SMILES string of the molecule is CC(C)=CC1C(C(=O)OCCc2ccccn2)C1(C)C. The second kappa shape index (κ2) is 5.78. The molecule has 1 heterocycles. The zero-order chi connectivity index (χ0) is 14.8. The van der Waals surface area contributed by atoms with Crippen molar-refractivity contribution < 1.29 is 9.53 Å². The Kier molecular flexibility index (Phi) is 4.26. The highest BCUT2D eigenvalue weighted by atomic mass is 16.5. The highest BCUT2D eigenvalue weighted by molar-refractivity contribution is 5.78. The van der Waals surface area contributed by atoms with Crippen LogP contribution in [0.25, 0.3) is 0 Å². The summed E-state index contributed by atoms with van der Waals surface area (Å²) in [6, 6.07) is 5.77. The summed E-state index contributed by atoms with van der Waals surface area (Å²) < 4.78 is 5.41. The van der Waals surface area contributed by atoms with E-state index in [-0.39, 0.29) is 17.3 Å². The van der Waals surface area contributed by atoms with Crippen LogP contribution in [0.2, 0.25) is 0 Å². The average Bonchev–Trinajstić information content (AvgIpc) is 2.91. The van der Waals surface area contributed by atoms with Crippen LogP contribution in [0.15, 0.2) is 36.0 Å². The normalized spacial score (nSPS) is 23.0. The van der Waals surface area contributed by atoms with Crippen LogP contribution in [-0.2, 0) is 16.0 Å². The van der Waals surface area contributed by atoms with E-state index < -0.39 is 0 Å². The monoisotopic (exact) mass is 273 g/mol. The molecule has 1 saturated carbocycles. The predicted molar refractivity (Wildman–Crippen MR) is 79.1 cm³/mol. The zero-order valence-electron chi connectivity index (χ0n) is 12.7. The summed E-state index contributed by atoms with van der Waals surface area (Å²) in [5.41, 5.74) is 2.24. The van der Waals surface area contributed by atoms with E-state index in [1.807, 2.05) is 18.2 Å². The topological polar surface area (TPSA) is 39.2 Å². The first-order valence-electron chi connectivity index (χ1n) is 7.14. The number of esters is 1. The Bertz CT molecular complexity index is 501. The number of allylic oxidation sites excluding steroid dienone is 2. The minimum Gasteiger partial charge on any atom is -0.465 e. The van der Waals surface area contributed by atoms with Crippen LogP contribution < -0.4 is 0 Å². The maximum absolute atomic E-state index is 12.1. The Balaban J connectivity index is 1.83. The summed E-state index contributed by atoms with van der Waals surface area (Å²) in [5, 5.41) is 0. The summed E-state index contributed by atoms with van der Waals surface area (Å²) in [6.45, 7) is 8.79. The van der Waals surface area contributed by atoms with Crippen molar-refractivity contribution in [3.8, 4) is 0 Å². The van der Waals surface area contributed by atoms with Gasteiger partial charge >= 0.3 is 5.97 Å². The van der Waals surface area contributed by atoms with Gasteiger partial charge in [0.25, 0.3) is 0 Å². The van der Waals surface area contributed by atoms with Gasteiger partial charge < -0.3 is 4.74 Å². The molecule has 2 unspecified atom stereocenters. The molecular weight excluding hydrogens is 250 g/mol. The summed E-state index contributed by atoms with van der Waals surface area (Å²) >= 11 is 0. The van der Waals surface area contributed by atoms with Gasteiger partial charge in [0.2, 0.25) is 0 Å². The molecule has 0 amide bonds. The summed E-state index contributed by atoms with van der Waals surface area (Å²) in [5.74, 6) is 0.240. The van der Waals surface area contributed by atoms with E-state index in [2.05, 4.69) is 38.8 Å². The second-order valence-electron chi connectivity index (χ2n) is 6.31. The summed E-state index contributed by atoms with van der Waals surface area (Å²) in [6.07, 6.45) is 4.61. The van der Waals surface area contributed by atoms with E-state index in [1.165, 1.54) is 5.57 Å². The zero-order valence-corrected chi connectivity index (χ0v) is 12.7. The van der Waals surface area contributed by atoms with Gasteiger partial charge in [0.15, 0.2) is 0 Å². The Morgan fingerprint density at radius 3 is 2.75 bits per heavy atom. The first-order valence-corrected chi connectivity index (χ1v) is 7.14. The molecule has 3 heteroatoms. The molecule has 1 aliphatic carbocycles. The van der Waals surface area contributed by atoms with E-state index in [1.54, 1.807) is 6.20 Å². The maximum Gasteiger partial charge on any atom is 0.310 e. The molecule has 2 atom stereocenters. The summed E-state index contributed by atoms with van der Waals surface area (Å²) in [7, 11) is 0. The molecule has 0 saturated heterocycles. The van der Waals surface area contributed by atoms with Crippen molar-refractivity contribution >= 4 is 5.97 Å². The van der Waals surface area contributed by atoms with Crippen molar-refractivity contribution in [2.75, 3.05) is 6.61 Å². The Morgan fingerprint density at radius 1 is 1.40 bits per heavy atom. The molecule has 20 heavy (non-hydrogen) atoms. The highest BCUT2D eigenvalue weighted by Gasteiger charge is 2.61. The van der Waals surface area contributed by atoms with Crippen LogP contribution in [-0.4, -0.2) is 17.6 Å². The standard InChI is InChI=1S/C17H23NO2/c1-12(2)11-14-15(17(14,3)4)16(19)20-10-8-13-7-5-6-9-18-13/h5-7,9,11,14-15H,8,10H2,1-4H3. The number of aromatic nitrogens is 1. The van der Waals surface area contributed by atoms with Gasteiger partial charge in [-0.2, -0.15) is 0 Å². The van der Waals surface area contributed by atoms with Crippen molar-refractivity contribution in [3.05, 3.63) is 41.7 Å². The van der Waals surface area contributed by atoms with Gasteiger partial charge in [0.05, 0.1) is 12.5 Å². The van der Waals surface area contributed by atoms with Crippen LogP contribution in [0.3, 0.4) is 0 Å². The fourth-order valence-electron chi connectivity index (χ4n) is 2.69. The quantitative estimate of drug-likeness (QED) is 0.609. The van der Waals surface area contributed by atoms with E-state index in [0.29, 0.717) is 18.9 Å². The lowest BCUT2D eigenvalue weighted by atomic mass is 10.1. The van der Waals surface area contributed by atoms with Gasteiger partial charge in [-0.15, -0.1) is 0 Å². The Labute approximate surface area is 121 Å². The first-order chi connectivity index (χ1) is 9.43. The fourth-order valence-corrected chi connectivity index (χ4v) is 2.69. The third kappa shape index (κ3) is 3.27. The molecule has 1 aromatic heterocycles. The first kappa shape index (κ1) is 14.8. The fraction of sp³-hybridized carbons (Fsp3) is 0.529. The van der Waals surface area contributed by atoms with Gasteiger partial charge in [-0.25, -0.2) is 0 Å². The predicted octanol–water partition coefficient (Wildman–Crippen LogP) is 3.41. The third-order valence-corrected chi connectivity index (χ3v) is 4.01. The largest absolute Gasteiger partial charge is 0.465 e. The van der Waals surface area contributed by atoms with Crippen LogP contribution in [0, 0.1) is 17.3 Å². The number of carbonyl (C=O) groups excluding carboxylic acids is 1. The van der Waals surface area contributed by atoms with E-state index in [4.69, 9.17) is 4.74 Å². The number of nitrogens with zero attached hydrogens (tertiary/aromatic N) is 1. The van der Waals surface area contributed by atoms with Gasteiger partial charge in [0, 0.05) is 18.3 Å². The molecule has 0 bridgehead atoms. The summed E-state index contributed by atoms with van der Waals surface area (Å²) in [4.78, 5) is 16.3. The average molecular weight is 273 g/mol. The number of hydrogen-bond acceptors (Lipinski definition) is 3. The lowest BCUT2D eigenvalue weighted by molar-refractivity contribution is -0.146. The molecule has 1 aliphatic rings. The molecule has 0 aromatic carbocycles. The van der Waals surface area contributed by atoms with Crippen molar-refractivity contribution in [2.24, 2.45) is 17.3 Å². The van der Waals surface area contributed by atoms with Crippen LogP contribution in [0.4, 0.5) is 0 Å².